The van der Waals surface area contributed by atoms with Crippen LogP contribution in [0.15, 0.2) is 18.2 Å². The van der Waals surface area contributed by atoms with E-state index in [2.05, 4.69) is 13.8 Å². The predicted octanol–water partition coefficient (Wildman–Crippen LogP) is 2.96. The molecular formula is C13H20O3. The lowest BCUT2D eigenvalue weighted by atomic mass is 10.1. The number of rotatable bonds is 6. The van der Waals surface area contributed by atoms with E-state index in [1.54, 1.807) is 12.1 Å². The molecule has 0 atom stereocenters. The topological polar surface area (TPSA) is 38.7 Å². The van der Waals surface area contributed by atoms with Crippen LogP contribution in [0.3, 0.4) is 0 Å². The number of ether oxygens (including phenoxy) is 2. The van der Waals surface area contributed by atoms with Gasteiger partial charge in [-0.05, 0) is 30.0 Å². The van der Waals surface area contributed by atoms with Crippen LogP contribution in [0, 0.1) is 5.92 Å². The molecular weight excluding hydrogens is 204 g/mol. The molecule has 0 aliphatic rings. The second-order valence-electron chi connectivity index (χ2n) is 4.24. The van der Waals surface area contributed by atoms with Crippen molar-refractivity contribution in [3.8, 4) is 11.5 Å². The summed E-state index contributed by atoms with van der Waals surface area (Å²) >= 11 is 0. The largest absolute Gasteiger partial charge is 0.504 e. The molecule has 0 radical (unpaired) electrons. The number of aromatic hydroxyl groups is 1. The Morgan fingerprint density at radius 1 is 1.31 bits per heavy atom. The Morgan fingerprint density at radius 3 is 2.62 bits per heavy atom. The Kier molecular flexibility index (Phi) is 5.12. The fourth-order valence-electron chi connectivity index (χ4n) is 1.33. The summed E-state index contributed by atoms with van der Waals surface area (Å²) in [6.45, 7) is 5.62. The van der Waals surface area contributed by atoms with Gasteiger partial charge in [-0.15, -0.1) is 0 Å². The lowest BCUT2D eigenvalue weighted by molar-refractivity contribution is 0.110. The molecule has 0 bridgehead atoms. The summed E-state index contributed by atoms with van der Waals surface area (Å²) in [6.07, 6.45) is 1.06. The Labute approximate surface area is 97.0 Å². The van der Waals surface area contributed by atoms with Crippen molar-refractivity contribution < 1.29 is 14.6 Å². The number of benzene rings is 1. The van der Waals surface area contributed by atoms with Crippen molar-refractivity contribution in [3.05, 3.63) is 23.8 Å². The van der Waals surface area contributed by atoms with Gasteiger partial charge in [0.05, 0.1) is 13.7 Å². The van der Waals surface area contributed by atoms with E-state index in [1.165, 1.54) is 7.11 Å². The van der Waals surface area contributed by atoms with E-state index in [4.69, 9.17) is 9.47 Å². The van der Waals surface area contributed by atoms with Gasteiger partial charge in [0.15, 0.2) is 11.5 Å². The average molecular weight is 224 g/mol. The number of hydrogen-bond acceptors (Lipinski definition) is 3. The molecule has 0 amide bonds. The highest BCUT2D eigenvalue weighted by atomic mass is 16.5. The smallest absolute Gasteiger partial charge is 0.160 e. The van der Waals surface area contributed by atoms with Crippen molar-refractivity contribution in [1.29, 1.82) is 0 Å². The molecule has 1 rings (SSSR count). The molecule has 3 heteroatoms. The number of methoxy groups -OCH3 is 1. The second kappa shape index (κ2) is 6.38. The first-order chi connectivity index (χ1) is 7.63. The first-order valence-electron chi connectivity index (χ1n) is 5.57. The van der Waals surface area contributed by atoms with Crippen LogP contribution in [0.1, 0.15) is 25.8 Å². The minimum absolute atomic E-state index is 0.160. The standard InChI is InChI=1S/C13H20O3/c1-10(2)6-7-16-9-11-4-5-13(15-3)12(14)8-11/h4-5,8,10,14H,6-7,9H2,1-3H3. The van der Waals surface area contributed by atoms with Crippen molar-refractivity contribution in [3.63, 3.8) is 0 Å². The summed E-state index contributed by atoms with van der Waals surface area (Å²) < 4.78 is 10.5. The van der Waals surface area contributed by atoms with E-state index in [0.29, 0.717) is 18.3 Å². The van der Waals surface area contributed by atoms with E-state index in [9.17, 15) is 5.11 Å². The molecule has 1 aromatic carbocycles. The Bertz CT molecular complexity index is 321. The van der Waals surface area contributed by atoms with Gasteiger partial charge in [-0.1, -0.05) is 19.9 Å². The first kappa shape index (κ1) is 12.8. The maximum Gasteiger partial charge on any atom is 0.160 e. The Morgan fingerprint density at radius 2 is 2.06 bits per heavy atom. The van der Waals surface area contributed by atoms with Gasteiger partial charge in [-0.2, -0.15) is 0 Å². The summed E-state index contributed by atoms with van der Waals surface area (Å²) in [4.78, 5) is 0. The van der Waals surface area contributed by atoms with Crippen molar-refractivity contribution >= 4 is 0 Å². The Hall–Kier alpha value is -1.22. The molecule has 1 aromatic rings. The molecule has 0 saturated heterocycles. The zero-order valence-electron chi connectivity index (χ0n) is 10.2. The van der Waals surface area contributed by atoms with E-state index in [0.717, 1.165) is 18.6 Å². The highest BCUT2D eigenvalue weighted by Gasteiger charge is 2.02. The SMILES string of the molecule is COc1ccc(COCCC(C)C)cc1O. The van der Waals surface area contributed by atoms with Crippen LogP contribution in [-0.4, -0.2) is 18.8 Å². The van der Waals surface area contributed by atoms with Crippen LogP contribution in [0.4, 0.5) is 0 Å². The molecule has 0 aromatic heterocycles. The summed E-state index contributed by atoms with van der Waals surface area (Å²) in [5.74, 6) is 1.31. The number of phenolic OH excluding ortho intramolecular Hbond substituents is 1. The van der Waals surface area contributed by atoms with Crippen LogP contribution >= 0.6 is 0 Å². The van der Waals surface area contributed by atoms with Crippen molar-refractivity contribution in [2.24, 2.45) is 5.92 Å². The summed E-state index contributed by atoms with van der Waals surface area (Å²) in [6, 6.07) is 5.32. The molecule has 90 valence electrons. The summed E-state index contributed by atoms with van der Waals surface area (Å²) in [5.41, 5.74) is 0.960. The maximum absolute atomic E-state index is 9.56. The third-order valence-electron chi connectivity index (χ3n) is 2.35. The summed E-state index contributed by atoms with van der Waals surface area (Å²) in [5, 5.41) is 9.56. The molecule has 0 fully saturated rings. The van der Waals surface area contributed by atoms with Gasteiger partial charge in [-0.25, -0.2) is 0 Å². The second-order valence-corrected chi connectivity index (χ2v) is 4.24. The first-order valence-corrected chi connectivity index (χ1v) is 5.57. The van der Waals surface area contributed by atoms with Gasteiger partial charge in [0, 0.05) is 6.61 Å². The van der Waals surface area contributed by atoms with Gasteiger partial charge in [-0.3, -0.25) is 0 Å². The van der Waals surface area contributed by atoms with Crippen LogP contribution in [0.25, 0.3) is 0 Å². The molecule has 3 nitrogen and oxygen atoms in total. The van der Waals surface area contributed by atoms with Crippen LogP contribution in [0.2, 0.25) is 0 Å². The normalized spacial score (nSPS) is 10.8. The zero-order chi connectivity index (χ0) is 12.0. The fourth-order valence-corrected chi connectivity index (χ4v) is 1.33. The summed E-state index contributed by atoms with van der Waals surface area (Å²) in [7, 11) is 1.54. The van der Waals surface area contributed by atoms with Crippen molar-refractivity contribution in [2.75, 3.05) is 13.7 Å². The maximum atomic E-state index is 9.56. The molecule has 0 unspecified atom stereocenters. The van der Waals surface area contributed by atoms with E-state index in [-0.39, 0.29) is 5.75 Å². The quantitative estimate of drug-likeness (QED) is 0.755. The predicted molar refractivity (Wildman–Crippen MR) is 63.8 cm³/mol. The van der Waals surface area contributed by atoms with Crippen LogP contribution < -0.4 is 4.74 Å². The minimum Gasteiger partial charge on any atom is -0.504 e. The van der Waals surface area contributed by atoms with Crippen LogP contribution in [0.5, 0.6) is 11.5 Å². The van der Waals surface area contributed by atoms with Gasteiger partial charge in [0.2, 0.25) is 0 Å². The number of hydrogen-bond donors (Lipinski definition) is 1. The molecule has 0 aliphatic carbocycles. The molecule has 0 aliphatic heterocycles. The monoisotopic (exact) mass is 224 g/mol. The highest BCUT2D eigenvalue weighted by Crippen LogP contribution is 2.26. The molecule has 0 heterocycles. The lowest BCUT2D eigenvalue weighted by Crippen LogP contribution is -1.99. The molecule has 1 N–H and O–H groups in total. The van der Waals surface area contributed by atoms with Gasteiger partial charge >= 0.3 is 0 Å². The molecule has 0 saturated carbocycles. The van der Waals surface area contributed by atoms with E-state index < -0.39 is 0 Å². The third-order valence-corrected chi connectivity index (χ3v) is 2.35. The zero-order valence-corrected chi connectivity index (χ0v) is 10.2. The van der Waals surface area contributed by atoms with Gasteiger partial charge < -0.3 is 14.6 Å². The van der Waals surface area contributed by atoms with Crippen molar-refractivity contribution in [1.82, 2.24) is 0 Å². The van der Waals surface area contributed by atoms with E-state index in [1.807, 2.05) is 6.07 Å². The Balaban J connectivity index is 2.40. The van der Waals surface area contributed by atoms with Crippen LogP contribution in [-0.2, 0) is 11.3 Å². The minimum atomic E-state index is 0.160. The third kappa shape index (κ3) is 4.11. The number of phenols is 1. The average Bonchev–Trinajstić information content (AvgIpc) is 2.24. The van der Waals surface area contributed by atoms with Gasteiger partial charge in [0.25, 0.3) is 0 Å². The highest BCUT2D eigenvalue weighted by molar-refractivity contribution is 5.41. The van der Waals surface area contributed by atoms with Crippen molar-refractivity contribution in [2.45, 2.75) is 26.9 Å². The molecule has 16 heavy (non-hydrogen) atoms. The molecule has 0 spiro atoms. The lowest BCUT2D eigenvalue weighted by Gasteiger charge is -2.08. The fraction of sp³-hybridized carbons (Fsp3) is 0.538. The van der Waals surface area contributed by atoms with E-state index >= 15 is 0 Å². The van der Waals surface area contributed by atoms with Gasteiger partial charge in [0.1, 0.15) is 0 Å².